The van der Waals surface area contributed by atoms with Crippen LogP contribution < -0.4 is 0 Å². The fraction of sp³-hybridized carbons (Fsp3) is 0.923. The van der Waals surface area contributed by atoms with Crippen LogP contribution >= 0.6 is 0 Å². The largest absolute Gasteiger partial charge is 0.393 e. The molecule has 0 aromatic carbocycles. The van der Waals surface area contributed by atoms with E-state index in [2.05, 4.69) is 0 Å². The summed E-state index contributed by atoms with van der Waals surface area (Å²) in [4.78, 5) is 13.9. The monoisotopic (exact) mass is 243 g/mol. The fourth-order valence-corrected chi connectivity index (χ4v) is 2.18. The van der Waals surface area contributed by atoms with Crippen molar-refractivity contribution in [1.29, 1.82) is 0 Å². The first-order chi connectivity index (χ1) is 7.85. The lowest BCUT2D eigenvalue weighted by Crippen LogP contribution is -2.43. The van der Waals surface area contributed by atoms with Crippen molar-refractivity contribution in [3.8, 4) is 0 Å². The van der Waals surface area contributed by atoms with Crippen LogP contribution in [0.3, 0.4) is 0 Å². The lowest BCUT2D eigenvalue weighted by atomic mass is 9.91. The zero-order valence-corrected chi connectivity index (χ0v) is 11.4. The molecule has 1 amide bonds. The number of nitrogens with zero attached hydrogens (tertiary/aromatic N) is 1. The van der Waals surface area contributed by atoms with Crippen molar-refractivity contribution in [3.05, 3.63) is 0 Å². The molecule has 1 aliphatic heterocycles. The highest BCUT2D eigenvalue weighted by atomic mass is 16.5. The number of amides is 1. The van der Waals surface area contributed by atoms with Crippen molar-refractivity contribution >= 4 is 5.91 Å². The average Bonchev–Trinajstić information content (AvgIpc) is 2.28. The van der Waals surface area contributed by atoms with Gasteiger partial charge >= 0.3 is 0 Å². The minimum absolute atomic E-state index is 0.154. The molecule has 0 aliphatic carbocycles. The Kier molecular flexibility index (Phi) is 4.95. The third-order valence-corrected chi connectivity index (χ3v) is 3.70. The summed E-state index contributed by atoms with van der Waals surface area (Å²) in [6.45, 7) is 7.19. The molecular formula is C13H25NO3. The average molecular weight is 243 g/mol. The van der Waals surface area contributed by atoms with Gasteiger partial charge in [0.25, 0.3) is 0 Å². The predicted molar refractivity (Wildman–Crippen MR) is 66.7 cm³/mol. The summed E-state index contributed by atoms with van der Waals surface area (Å²) in [6.07, 6.45) is 1.96. The van der Waals surface area contributed by atoms with Gasteiger partial charge in [-0.2, -0.15) is 0 Å². The standard InChI is InChI=1S/C13H25NO3/c1-10(15)11-5-7-14(8-6-11)12(16)9-13(2,3)17-4/h10-11,15H,5-9H2,1-4H3. The number of hydrogen-bond acceptors (Lipinski definition) is 3. The molecule has 17 heavy (non-hydrogen) atoms. The topological polar surface area (TPSA) is 49.8 Å². The van der Waals surface area contributed by atoms with Gasteiger partial charge in [-0.05, 0) is 39.5 Å². The molecule has 1 heterocycles. The van der Waals surface area contributed by atoms with Gasteiger partial charge in [-0.15, -0.1) is 0 Å². The zero-order valence-electron chi connectivity index (χ0n) is 11.4. The first-order valence-electron chi connectivity index (χ1n) is 6.37. The molecule has 1 N–H and O–H groups in total. The molecule has 1 unspecified atom stereocenters. The molecule has 0 spiro atoms. The van der Waals surface area contributed by atoms with E-state index in [1.54, 1.807) is 7.11 Å². The van der Waals surface area contributed by atoms with E-state index >= 15 is 0 Å². The molecule has 1 fully saturated rings. The molecule has 1 rings (SSSR count). The van der Waals surface area contributed by atoms with Crippen molar-refractivity contribution in [3.63, 3.8) is 0 Å². The molecule has 4 heteroatoms. The second kappa shape index (κ2) is 5.83. The Labute approximate surface area is 104 Å². The van der Waals surface area contributed by atoms with Crippen molar-refractivity contribution in [2.45, 2.75) is 51.7 Å². The summed E-state index contributed by atoms with van der Waals surface area (Å²) < 4.78 is 5.27. The van der Waals surface area contributed by atoms with Gasteiger partial charge < -0.3 is 14.7 Å². The number of aliphatic hydroxyl groups excluding tert-OH is 1. The zero-order chi connectivity index (χ0) is 13.1. The Morgan fingerprint density at radius 1 is 1.47 bits per heavy atom. The third kappa shape index (κ3) is 4.28. The minimum atomic E-state index is -0.391. The van der Waals surface area contributed by atoms with Gasteiger partial charge in [-0.25, -0.2) is 0 Å². The summed E-state index contributed by atoms with van der Waals surface area (Å²) in [6, 6.07) is 0. The maximum atomic E-state index is 12.0. The maximum absolute atomic E-state index is 12.0. The number of hydrogen-bond donors (Lipinski definition) is 1. The Morgan fingerprint density at radius 3 is 2.41 bits per heavy atom. The van der Waals surface area contributed by atoms with Gasteiger partial charge in [0.1, 0.15) is 0 Å². The first kappa shape index (κ1) is 14.5. The van der Waals surface area contributed by atoms with Crippen LogP contribution in [-0.4, -0.2) is 47.8 Å². The number of carbonyl (C=O) groups excluding carboxylic acids is 1. The van der Waals surface area contributed by atoms with Crippen LogP contribution in [0.25, 0.3) is 0 Å². The van der Waals surface area contributed by atoms with E-state index in [4.69, 9.17) is 4.74 Å². The molecule has 1 saturated heterocycles. The van der Waals surface area contributed by atoms with Crippen LogP contribution in [0.2, 0.25) is 0 Å². The summed E-state index contributed by atoms with van der Waals surface area (Å²) in [7, 11) is 1.63. The fourth-order valence-electron chi connectivity index (χ4n) is 2.18. The quantitative estimate of drug-likeness (QED) is 0.812. The third-order valence-electron chi connectivity index (χ3n) is 3.70. The second-order valence-electron chi connectivity index (χ2n) is 5.60. The van der Waals surface area contributed by atoms with Gasteiger partial charge in [-0.1, -0.05) is 0 Å². The van der Waals surface area contributed by atoms with Crippen molar-refractivity contribution in [2.24, 2.45) is 5.92 Å². The van der Waals surface area contributed by atoms with Gasteiger partial charge in [0.15, 0.2) is 0 Å². The number of aliphatic hydroxyl groups is 1. The Bertz CT molecular complexity index is 255. The lowest BCUT2D eigenvalue weighted by molar-refractivity contribution is -0.138. The van der Waals surface area contributed by atoms with E-state index in [9.17, 15) is 9.90 Å². The highest BCUT2D eigenvalue weighted by Gasteiger charge is 2.29. The molecule has 0 aromatic rings. The van der Waals surface area contributed by atoms with Crippen LogP contribution in [0, 0.1) is 5.92 Å². The molecule has 1 atom stereocenters. The summed E-state index contributed by atoms with van der Waals surface area (Å²) in [5, 5.41) is 9.50. The smallest absolute Gasteiger partial charge is 0.225 e. The van der Waals surface area contributed by atoms with Crippen LogP contribution in [0.5, 0.6) is 0 Å². The van der Waals surface area contributed by atoms with Crippen LogP contribution in [-0.2, 0) is 9.53 Å². The summed E-state index contributed by atoms with van der Waals surface area (Å²) >= 11 is 0. The van der Waals surface area contributed by atoms with Crippen LogP contribution in [0.4, 0.5) is 0 Å². The van der Waals surface area contributed by atoms with Gasteiger partial charge in [-0.3, -0.25) is 4.79 Å². The van der Waals surface area contributed by atoms with E-state index < -0.39 is 5.60 Å². The summed E-state index contributed by atoms with van der Waals surface area (Å²) in [5.74, 6) is 0.496. The lowest BCUT2D eigenvalue weighted by Gasteiger charge is -2.35. The first-order valence-corrected chi connectivity index (χ1v) is 6.37. The number of likely N-dealkylation sites (tertiary alicyclic amines) is 1. The maximum Gasteiger partial charge on any atom is 0.225 e. The van der Waals surface area contributed by atoms with Gasteiger partial charge in [0, 0.05) is 20.2 Å². The van der Waals surface area contributed by atoms with Crippen LogP contribution in [0.1, 0.15) is 40.0 Å². The van der Waals surface area contributed by atoms with Gasteiger partial charge in [0.2, 0.25) is 5.91 Å². The molecule has 0 radical (unpaired) electrons. The normalized spacial score (nSPS) is 20.4. The van der Waals surface area contributed by atoms with E-state index in [-0.39, 0.29) is 12.0 Å². The number of piperidine rings is 1. The van der Waals surface area contributed by atoms with Crippen molar-refractivity contribution in [2.75, 3.05) is 20.2 Å². The predicted octanol–water partition coefficient (Wildman–Crippen LogP) is 1.42. The number of methoxy groups -OCH3 is 1. The van der Waals surface area contributed by atoms with E-state index in [0.717, 1.165) is 25.9 Å². The number of carbonyl (C=O) groups is 1. The highest BCUT2D eigenvalue weighted by Crippen LogP contribution is 2.22. The van der Waals surface area contributed by atoms with Crippen molar-refractivity contribution in [1.82, 2.24) is 4.90 Å². The SMILES string of the molecule is COC(C)(C)CC(=O)N1CCC(C(C)O)CC1. The minimum Gasteiger partial charge on any atom is -0.393 e. The highest BCUT2D eigenvalue weighted by molar-refractivity contribution is 5.77. The Balaban J connectivity index is 2.41. The Morgan fingerprint density at radius 2 is 2.00 bits per heavy atom. The van der Waals surface area contributed by atoms with E-state index in [1.807, 2.05) is 25.7 Å². The molecule has 0 aromatic heterocycles. The molecular weight excluding hydrogens is 218 g/mol. The van der Waals surface area contributed by atoms with Crippen molar-refractivity contribution < 1.29 is 14.6 Å². The number of ether oxygens (including phenoxy) is 1. The number of rotatable bonds is 4. The molecule has 0 bridgehead atoms. The molecule has 0 saturated carbocycles. The van der Waals surface area contributed by atoms with E-state index in [0.29, 0.717) is 12.3 Å². The molecule has 4 nitrogen and oxygen atoms in total. The second-order valence-corrected chi connectivity index (χ2v) is 5.60. The Hall–Kier alpha value is -0.610. The van der Waals surface area contributed by atoms with Gasteiger partial charge in [0.05, 0.1) is 18.1 Å². The van der Waals surface area contributed by atoms with E-state index in [1.165, 1.54) is 0 Å². The molecule has 1 aliphatic rings. The molecule has 100 valence electrons. The van der Waals surface area contributed by atoms with Crippen LogP contribution in [0.15, 0.2) is 0 Å². The summed E-state index contributed by atoms with van der Waals surface area (Å²) in [5.41, 5.74) is -0.391.